The summed E-state index contributed by atoms with van der Waals surface area (Å²) in [5, 5.41) is 4.49. The SMILES string of the molecule is COc1ccc(OC)c(C=NNC(=O)COc2ccc(Cl)cc2)c1. The second-order valence-corrected chi connectivity index (χ2v) is 5.08. The molecule has 1 amide bonds. The Labute approximate surface area is 145 Å². The van der Waals surface area contributed by atoms with Gasteiger partial charge in [0, 0.05) is 10.6 Å². The zero-order valence-corrected chi connectivity index (χ0v) is 14.0. The number of nitrogens with zero attached hydrogens (tertiary/aromatic N) is 1. The van der Waals surface area contributed by atoms with E-state index >= 15 is 0 Å². The number of carbonyl (C=O) groups is 1. The minimum atomic E-state index is -0.386. The third-order valence-corrected chi connectivity index (χ3v) is 3.27. The van der Waals surface area contributed by atoms with Gasteiger partial charge in [-0.3, -0.25) is 4.79 Å². The number of carbonyl (C=O) groups excluding carboxylic acids is 1. The van der Waals surface area contributed by atoms with Crippen LogP contribution >= 0.6 is 11.6 Å². The van der Waals surface area contributed by atoms with Crippen molar-refractivity contribution in [1.82, 2.24) is 5.43 Å². The molecule has 7 heteroatoms. The molecule has 2 rings (SSSR count). The Morgan fingerprint density at radius 2 is 1.83 bits per heavy atom. The number of nitrogens with one attached hydrogen (secondary N) is 1. The van der Waals surface area contributed by atoms with Crippen LogP contribution in [0.2, 0.25) is 5.02 Å². The van der Waals surface area contributed by atoms with Crippen molar-refractivity contribution in [1.29, 1.82) is 0 Å². The average molecular weight is 349 g/mol. The van der Waals surface area contributed by atoms with Gasteiger partial charge in [-0.05, 0) is 42.5 Å². The van der Waals surface area contributed by atoms with E-state index < -0.39 is 0 Å². The maximum absolute atomic E-state index is 11.7. The summed E-state index contributed by atoms with van der Waals surface area (Å²) in [5.41, 5.74) is 3.06. The zero-order chi connectivity index (χ0) is 17.4. The molecule has 2 aromatic rings. The third-order valence-electron chi connectivity index (χ3n) is 3.01. The Hall–Kier alpha value is -2.73. The van der Waals surface area contributed by atoms with Crippen LogP contribution in [-0.4, -0.2) is 32.9 Å². The maximum Gasteiger partial charge on any atom is 0.277 e. The van der Waals surface area contributed by atoms with Gasteiger partial charge in [0.25, 0.3) is 5.91 Å². The smallest absolute Gasteiger partial charge is 0.277 e. The first-order valence-electron chi connectivity index (χ1n) is 7.04. The van der Waals surface area contributed by atoms with E-state index in [1.165, 1.54) is 6.21 Å². The summed E-state index contributed by atoms with van der Waals surface area (Å²) in [4.78, 5) is 11.7. The molecular formula is C17H17ClN2O4. The average Bonchev–Trinajstić information content (AvgIpc) is 2.61. The molecule has 0 aliphatic rings. The number of benzene rings is 2. The molecule has 1 N–H and O–H groups in total. The number of hydrazone groups is 1. The Morgan fingerprint density at radius 1 is 1.12 bits per heavy atom. The van der Waals surface area contributed by atoms with Gasteiger partial charge in [0.2, 0.25) is 0 Å². The van der Waals surface area contributed by atoms with E-state index in [1.54, 1.807) is 56.7 Å². The number of amides is 1. The first-order valence-corrected chi connectivity index (χ1v) is 7.42. The Kier molecular flexibility index (Phi) is 6.45. The molecule has 0 atom stereocenters. The Morgan fingerprint density at radius 3 is 2.50 bits per heavy atom. The van der Waals surface area contributed by atoms with Gasteiger partial charge in [-0.15, -0.1) is 0 Å². The summed E-state index contributed by atoms with van der Waals surface area (Å²) in [6, 6.07) is 12.0. The number of rotatable bonds is 7. The van der Waals surface area contributed by atoms with Crippen molar-refractivity contribution in [2.45, 2.75) is 0 Å². The van der Waals surface area contributed by atoms with Gasteiger partial charge in [0.1, 0.15) is 17.2 Å². The van der Waals surface area contributed by atoms with E-state index in [9.17, 15) is 4.79 Å². The third kappa shape index (κ3) is 5.17. The van der Waals surface area contributed by atoms with Crippen LogP contribution in [0.25, 0.3) is 0 Å². The molecule has 24 heavy (non-hydrogen) atoms. The zero-order valence-electron chi connectivity index (χ0n) is 13.3. The number of ether oxygens (including phenoxy) is 3. The normalized spacial score (nSPS) is 10.5. The first kappa shape index (κ1) is 17.6. The lowest BCUT2D eigenvalue weighted by Gasteiger charge is -2.07. The largest absolute Gasteiger partial charge is 0.497 e. The quantitative estimate of drug-likeness (QED) is 0.617. The molecule has 0 fully saturated rings. The highest BCUT2D eigenvalue weighted by molar-refractivity contribution is 6.30. The van der Waals surface area contributed by atoms with Gasteiger partial charge < -0.3 is 14.2 Å². The van der Waals surface area contributed by atoms with Crippen molar-refractivity contribution in [3.63, 3.8) is 0 Å². The molecule has 0 bridgehead atoms. The summed E-state index contributed by atoms with van der Waals surface area (Å²) in [5.74, 6) is 1.44. The highest BCUT2D eigenvalue weighted by Gasteiger charge is 2.04. The van der Waals surface area contributed by atoms with Crippen LogP contribution in [0.15, 0.2) is 47.6 Å². The summed E-state index contributed by atoms with van der Waals surface area (Å²) in [7, 11) is 3.12. The summed E-state index contributed by atoms with van der Waals surface area (Å²) >= 11 is 5.77. The predicted molar refractivity (Wildman–Crippen MR) is 92.2 cm³/mol. The summed E-state index contributed by atoms with van der Waals surface area (Å²) < 4.78 is 15.7. The monoisotopic (exact) mass is 348 g/mol. The second-order valence-electron chi connectivity index (χ2n) is 4.64. The van der Waals surface area contributed by atoms with E-state index in [-0.39, 0.29) is 12.5 Å². The van der Waals surface area contributed by atoms with Gasteiger partial charge in [-0.25, -0.2) is 5.43 Å². The van der Waals surface area contributed by atoms with Crippen molar-refractivity contribution in [3.05, 3.63) is 53.1 Å². The van der Waals surface area contributed by atoms with Crippen LogP contribution in [0.3, 0.4) is 0 Å². The molecule has 0 unspecified atom stereocenters. The van der Waals surface area contributed by atoms with Crippen LogP contribution < -0.4 is 19.6 Å². The maximum atomic E-state index is 11.7. The predicted octanol–water partition coefficient (Wildman–Crippen LogP) is 2.89. The molecule has 0 aliphatic carbocycles. The van der Waals surface area contributed by atoms with E-state index in [4.69, 9.17) is 25.8 Å². The fourth-order valence-electron chi connectivity index (χ4n) is 1.83. The van der Waals surface area contributed by atoms with Crippen molar-refractivity contribution in [2.24, 2.45) is 5.10 Å². The van der Waals surface area contributed by atoms with Crippen molar-refractivity contribution >= 4 is 23.7 Å². The molecule has 0 aromatic heterocycles. The van der Waals surface area contributed by atoms with Crippen LogP contribution in [-0.2, 0) is 4.79 Å². The Bertz CT molecular complexity index is 717. The molecule has 6 nitrogen and oxygen atoms in total. The van der Waals surface area contributed by atoms with Gasteiger partial charge in [0.05, 0.1) is 20.4 Å². The fraction of sp³-hybridized carbons (Fsp3) is 0.176. The van der Waals surface area contributed by atoms with E-state index in [0.717, 1.165) is 0 Å². The second kappa shape index (κ2) is 8.79. The van der Waals surface area contributed by atoms with Crippen LogP contribution in [0.5, 0.6) is 17.2 Å². The molecule has 0 saturated heterocycles. The first-order chi connectivity index (χ1) is 11.6. The molecule has 0 radical (unpaired) electrons. The molecule has 0 aliphatic heterocycles. The number of methoxy groups -OCH3 is 2. The number of hydrogen-bond acceptors (Lipinski definition) is 5. The van der Waals surface area contributed by atoms with Crippen LogP contribution in [0, 0.1) is 0 Å². The summed E-state index contributed by atoms with van der Waals surface area (Å²) in [6.45, 7) is -0.159. The molecule has 126 valence electrons. The highest BCUT2D eigenvalue weighted by atomic mass is 35.5. The van der Waals surface area contributed by atoms with E-state index in [0.29, 0.717) is 27.8 Å². The Balaban J connectivity index is 1.89. The van der Waals surface area contributed by atoms with Crippen molar-refractivity contribution in [2.75, 3.05) is 20.8 Å². The highest BCUT2D eigenvalue weighted by Crippen LogP contribution is 2.22. The molecule has 0 spiro atoms. The molecule has 2 aromatic carbocycles. The standard InChI is InChI=1S/C17H17ClN2O4/c1-22-15-7-8-16(23-2)12(9-15)10-19-20-17(21)11-24-14-5-3-13(18)4-6-14/h3-10H,11H2,1-2H3,(H,20,21). The van der Waals surface area contributed by atoms with Crippen LogP contribution in [0.1, 0.15) is 5.56 Å². The van der Waals surface area contributed by atoms with E-state index in [1.807, 2.05) is 0 Å². The molecule has 0 heterocycles. The number of hydrogen-bond donors (Lipinski definition) is 1. The lowest BCUT2D eigenvalue weighted by atomic mass is 10.2. The van der Waals surface area contributed by atoms with Gasteiger partial charge >= 0.3 is 0 Å². The summed E-state index contributed by atoms with van der Waals surface area (Å²) in [6.07, 6.45) is 1.47. The minimum Gasteiger partial charge on any atom is -0.497 e. The minimum absolute atomic E-state index is 0.159. The van der Waals surface area contributed by atoms with Gasteiger partial charge in [-0.2, -0.15) is 5.10 Å². The number of halogens is 1. The van der Waals surface area contributed by atoms with Crippen LogP contribution in [0.4, 0.5) is 0 Å². The fourth-order valence-corrected chi connectivity index (χ4v) is 1.95. The van der Waals surface area contributed by atoms with Crippen molar-refractivity contribution in [3.8, 4) is 17.2 Å². The van der Waals surface area contributed by atoms with Crippen molar-refractivity contribution < 1.29 is 19.0 Å². The topological polar surface area (TPSA) is 69.2 Å². The molecular weight excluding hydrogens is 332 g/mol. The lowest BCUT2D eigenvalue weighted by Crippen LogP contribution is -2.24. The van der Waals surface area contributed by atoms with Gasteiger partial charge in [-0.1, -0.05) is 11.6 Å². The van der Waals surface area contributed by atoms with E-state index in [2.05, 4.69) is 10.5 Å². The molecule has 0 saturated carbocycles. The lowest BCUT2D eigenvalue weighted by molar-refractivity contribution is -0.123. The van der Waals surface area contributed by atoms with Gasteiger partial charge in [0.15, 0.2) is 6.61 Å².